The Balaban J connectivity index is 1.64. The molecule has 0 spiro atoms. The molecule has 134 valence electrons. The van der Waals surface area contributed by atoms with Crippen molar-refractivity contribution in [3.63, 3.8) is 0 Å². The lowest BCUT2D eigenvalue weighted by Crippen LogP contribution is -1.98. The predicted molar refractivity (Wildman–Crippen MR) is 93.7 cm³/mol. The van der Waals surface area contributed by atoms with Crippen LogP contribution in [0.2, 0.25) is 0 Å². The van der Waals surface area contributed by atoms with E-state index in [1.165, 1.54) is 11.8 Å². The molecule has 0 aliphatic carbocycles. The van der Waals surface area contributed by atoms with Gasteiger partial charge in [0.1, 0.15) is 11.9 Å². The van der Waals surface area contributed by atoms with E-state index in [2.05, 4.69) is 31.0 Å². The number of rotatable bonds is 8. The van der Waals surface area contributed by atoms with Gasteiger partial charge in [0.05, 0.1) is 5.56 Å². The second-order valence-electron chi connectivity index (χ2n) is 6.20. The van der Waals surface area contributed by atoms with Crippen LogP contribution in [0.3, 0.4) is 0 Å². The minimum absolute atomic E-state index is 0.136. The zero-order valence-corrected chi connectivity index (χ0v) is 15.5. The lowest BCUT2D eigenvalue weighted by atomic mass is 10.0. The lowest BCUT2D eigenvalue weighted by molar-refractivity contribution is 0.0364. The van der Waals surface area contributed by atoms with Crippen LogP contribution in [0.4, 0.5) is 0 Å². The highest BCUT2D eigenvalue weighted by Gasteiger charge is 2.30. The summed E-state index contributed by atoms with van der Waals surface area (Å²) in [6.07, 6.45) is 2.83. The third-order valence-corrected chi connectivity index (χ3v) is 4.65. The van der Waals surface area contributed by atoms with Crippen molar-refractivity contribution in [3.05, 3.63) is 35.2 Å². The molecule has 1 aromatic heterocycles. The fourth-order valence-corrected chi connectivity index (χ4v) is 3.27. The molecular weight excluding hydrogens is 340 g/mol. The monoisotopic (exact) mass is 362 g/mol. The van der Waals surface area contributed by atoms with Gasteiger partial charge < -0.3 is 13.9 Å². The smallest absolute Gasteiger partial charge is 0.339 e. The predicted octanol–water partition coefficient (Wildman–Crippen LogP) is 4.55. The molecule has 1 unspecified atom stereocenters. The van der Waals surface area contributed by atoms with Gasteiger partial charge >= 0.3 is 5.97 Å². The van der Waals surface area contributed by atoms with Crippen LogP contribution in [0, 0.1) is 0 Å². The summed E-state index contributed by atoms with van der Waals surface area (Å²) in [6, 6.07) is 5.48. The molecule has 6 nitrogen and oxygen atoms in total. The standard InChI is InChI=1S/C18H22N2O4S/c1-4-5-6-15-13-8-7-12(9-14(13)17(21)23-15)22-10-16-19-20-18(24-16)25-11(2)3/h7-9,11,15H,4-6,10H2,1-3H3. The van der Waals surface area contributed by atoms with Crippen molar-refractivity contribution in [1.29, 1.82) is 0 Å². The van der Waals surface area contributed by atoms with Crippen LogP contribution in [0.25, 0.3) is 0 Å². The van der Waals surface area contributed by atoms with E-state index in [9.17, 15) is 4.79 Å². The van der Waals surface area contributed by atoms with Crippen molar-refractivity contribution in [1.82, 2.24) is 10.2 Å². The fourth-order valence-electron chi connectivity index (χ4n) is 2.63. The summed E-state index contributed by atoms with van der Waals surface area (Å²) >= 11 is 1.51. The quantitative estimate of drug-likeness (QED) is 0.504. The van der Waals surface area contributed by atoms with Crippen molar-refractivity contribution in [2.45, 2.75) is 63.2 Å². The summed E-state index contributed by atoms with van der Waals surface area (Å²) in [7, 11) is 0. The average Bonchev–Trinajstić information content (AvgIpc) is 3.15. The van der Waals surface area contributed by atoms with Crippen molar-refractivity contribution in [2.24, 2.45) is 0 Å². The molecule has 7 heteroatoms. The topological polar surface area (TPSA) is 74.5 Å². The van der Waals surface area contributed by atoms with Crippen LogP contribution in [0.5, 0.6) is 5.75 Å². The maximum Gasteiger partial charge on any atom is 0.339 e. The molecular formula is C18H22N2O4S. The van der Waals surface area contributed by atoms with Crippen molar-refractivity contribution in [3.8, 4) is 5.75 Å². The van der Waals surface area contributed by atoms with Crippen molar-refractivity contribution in [2.75, 3.05) is 0 Å². The van der Waals surface area contributed by atoms with Crippen LogP contribution in [-0.2, 0) is 11.3 Å². The first-order chi connectivity index (χ1) is 12.1. The van der Waals surface area contributed by atoms with Gasteiger partial charge in [-0.3, -0.25) is 0 Å². The molecule has 0 saturated heterocycles. The summed E-state index contributed by atoms with van der Waals surface area (Å²) in [5, 5.41) is 8.84. The molecule has 0 saturated carbocycles. The molecule has 1 aliphatic rings. The highest BCUT2D eigenvalue weighted by atomic mass is 32.2. The molecule has 1 atom stereocenters. The maximum atomic E-state index is 12.1. The Bertz CT molecular complexity index is 744. The van der Waals surface area contributed by atoms with Gasteiger partial charge in [-0.15, -0.1) is 10.2 Å². The Morgan fingerprint density at radius 1 is 1.32 bits per heavy atom. The van der Waals surface area contributed by atoms with E-state index in [-0.39, 0.29) is 18.7 Å². The first kappa shape index (κ1) is 17.8. The highest BCUT2D eigenvalue weighted by molar-refractivity contribution is 7.99. The number of cyclic esters (lactones) is 1. The summed E-state index contributed by atoms with van der Waals surface area (Å²) in [4.78, 5) is 12.1. The number of aromatic nitrogens is 2. The molecule has 0 N–H and O–H groups in total. The lowest BCUT2D eigenvalue weighted by Gasteiger charge is -2.09. The summed E-state index contributed by atoms with van der Waals surface area (Å²) < 4.78 is 16.7. The normalized spacial score (nSPS) is 16.2. The van der Waals surface area contributed by atoms with Gasteiger partial charge in [-0.25, -0.2) is 4.79 Å². The van der Waals surface area contributed by atoms with Gasteiger partial charge in [-0.1, -0.05) is 45.0 Å². The number of thioether (sulfide) groups is 1. The molecule has 1 aromatic carbocycles. The van der Waals surface area contributed by atoms with Gasteiger partial charge in [-0.05, 0) is 25.0 Å². The Morgan fingerprint density at radius 3 is 2.92 bits per heavy atom. The number of fused-ring (bicyclic) bond motifs is 1. The Hall–Kier alpha value is -2.02. The molecule has 0 fully saturated rings. The number of esters is 1. The number of unbranched alkanes of at least 4 members (excludes halogenated alkanes) is 1. The molecule has 3 rings (SSSR count). The average molecular weight is 362 g/mol. The van der Waals surface area contributed by atoms with Gasteiger partial charge in [-0.2, -0.15) is 0 Å². The first-order valence-corrected chi connectivity index (χ1v) is 9.41. The van der Waals surface area contributed by atoms with E-state index in [1.807, 2.05) is 12.1 Å². The van der Waals surface area contributed by atoms with Gasteiger partial charge in [0.2, 0.25) is 0 Å². The number of carbonyl (C=O) groups is 1. The van der Waals surface area contributed by atoms with Crippen LogP contribution in [-0.4, -0.2) is 21.4 Å². The number of nitrogens with zero attached hydrogens (tertiary/aromatic N) is 2. The third-order valence-electron chi connectivity index (χ3n) is 3.81. The zero-order chi connectivity index (χ0) is 17.8. The molecule has 1 aliphatic heterocycles. The Morgan fingerprint density at radius 2 is 2.16 bits per heavy atom. The van der Waals surface area contributed by atoms with Crippen molar-refractivity contribution < 1.29 is 18.7 Å². The fraction of sp³-hybridized carbons (Fsp3) is 0.500. The molecule has 0 amide bonds. The van der Waals surface area contributed by atoms with Gasteiger partial charge in [0, 0.05) is 10.8 Å². The third kappa shape index (κ3) is 4.34. The van der Waals surface area contributed by atoms with Crippen LogP contribution in [0.1, 0.15) is 67.9 Å². The summed E-state index contributed by atoms with van der Waals surface area (Å²) in [5.41, 5.74) is 1.53. The van der Waals surface area contributed by atoms with Gasteiger partial charge in [0.15, 0.2) is 6.61 Å². The van der Waals surface area contributed by atoms with E-state index in [4.69, 9.17) is 13.9 Å². The van der Waals surface area contributed by atoms with Crippen LogP contribution >= 0.6 is 11.8 Å². The number of carbonyl (C=O) groups excluding carboxylic acids is 1. The Kier molecular flexibility index (Phi) is 5.63. The number of hydrogen-bond donors (Lipinski definition) is 0. The van der Waals surface area contributed by atoms with Crippen LogP contribution in [0.15, 0.2) is 27.8 Å². The summed E-state index contributed by atoms with van der Waals surface area (Å²) in [6.45, 7) is 6.40. The molecule has 0 radical (unpaired) electrons. The minimum Gasteiger partial charge on any atom is -0.484 e. The van der Waals surface area contributed by atoms with Gasteiger partial charge in [0.25, 0.3) is 11.1 Å². The van der Waals surface area contributed by atoms with E-state index < -0.39 is 0 Å². The summed E-state index contributed by atoms with van der Waals surface area (Å²) in [5.74, 6) is 0.713. The first-order valence-electron chi connectivity index (χ1n) is 8.53. The van der Waals surface area contributed by atoms with Crippen LogP contribution < -0.4 is 4.74 Å². The molecule has 0 bridgehead atoms. The molecule has 2 heterocycles. The maximum absolute atomic E-state index is 12.1. The van der Waals surface area contributed by atoms with E-state index in [1.54, 1.807) is 6.07 Å². The SMILES string of the molecule is CCCCC1OC(=O)c2cc(OCc3nnc(SC(C)C)o3)ccc21. The molecule has 2 aromatic rings. The van der Waals surface area contributed by atoms with Crippen molar-refractivity contribution >= 4 is 17.7 Å². The largest absolute Gasteiger partial charge is 0.484 e. The minimum atomic E-state index is -0.282. The van der Waals surface area contributed by atoms with E-state index in [0.717, 1.165) is 24.8 Å². The zero-order valence-electron chi connectivity index (χ0n) is 14.7. The molecule has 25 heavy (non-hydrogen) atoms. The van der Waals surface area contributed by atoms with E-state index in [0.29, 0.717) is 27.7 Å². The number of benzene rings is 1. The second-order valence-corrected chi connectivity index (χ2v) is 7.73. The second kappa shape index (κ2) is 7.91. The highest BCUT2D eigenvalue weighted by Crippen LogP contribution is 2.36. The Labute approximate surface area is 151 Å². The number of ether oxygens (including phenoxy) is 2. The van der Waals surface area contributed by atoms with E-state index >= 15 is 0 Å². The number of hydrogen-bond acceptors (Lipinski definition) is 7.